The number of nitrogens with zero attached hydrogens (tertiary/aromatic N) is 1. The molecule has 0 saturated carbocycles. The number of carbonyl (C=O) groups excluding carboxylic acids is 1. The fourth-order valence-electron chi connectivity index (χ4n) is 2.58. The molecule has 0 aliphatic carbocycles. The summed E-state index contributed by atoms with van der Waals surface area (Å²) in [6, 6.07) is 14.8. The van der Waals surface area contributed by atoms with Gasteiger partial charge < -0.3 is 20.1 Å². The van der Waals surface area contributed by atoms with Crippen LogP contribution in [0.4, 0.5) is 11.4 Å². The molecular weight excluding hydrogens is 292 g/mol. The number of fused-ring (bicyclic) bond motifs is 1. The number of hydrogen-bond donors (Lipinski definition) is 1. The molecule has 2 aromatic rings. The predicted octanol–water partition coefficient (Wildman–Crippen LogP) is 2.85. The van der Waals surface area contributed by atoms with Crippen LogP contribution in [0.5, 0.6) is 11.5 Å². The number of ether oxygens (including phenoxy) is 2. The van der Waals surface area contributed by atoms with Crippen LogP contribution in [0.25, 0.3) is 0 Å². The van der Waals surface area contributed by atoms with E-state index in [2.05, 4.69) is 0 Å². The fourth-order valence-corrected chi connectivity index (χ4v) is 2.58. The molecule has 0 unspecified atom stereocenters. The molecule has 0 spiro atoms. The van der Waals surface area contributed by atoms with Crippen LogP contribution in [0.15, 0.2) is 48.5 Å². The molecule has 0 saturated heterocycles. The van der Waals surface area contributed by atoms with Crippen molar-refractivity contribution in [2.24, 2.45) is 0 Å². The highest BCUT2D eigenvalue weighted by atomic mass is 16.5. The van der Waals surface area contributed by atoms with E-state index in [-0.39, 0.29) is 5.91 Å². The molecule has 23 heavy (non-hydrogen) atoms. The van der Waals surface area contributed by atoms with Crippen molar-refractivity contribution in [2.45, 2.75) is 19.4 Å². The van der Waals surface area contributed by atoms with Crippen molar-refractivity contribution >= 4 is 17.3 Å². The van der Waals surface area contributed by atoms with E-state index in [4.69, 9.17) is 15.2 Å². The minimum Gasteiger partial charge on any atom is -0.492 e. The smallest absolute Gasteiger partial charge is 0.270 e. The Labute approximate surface area is 135 Å². The quantitative estimate of drug-likeness (QED) is 0.882. The van der Waals surface area contributed by atoms with Crippen LogP contribution in [0.2, 0.25) is 0 Å². The monoisotopic (exact) mass is 312 g/mol. The molecule has 0 radical (unpaired) electrons. The largest absolute Gasteiger partial charge is 0.492 e. The lowest BCUT2D eigenvalue weighted by Gasteiger charge is -2.38. The Hall–Kier alpha value is -2.69. The van der Waals surface area contributed by atoms with Crippen molar-refractivity contribution < 1.29 is 14.3 Å². The fraction of sp³-hybridized carbons (Fsp3) is 0.278. The Morgan fingerprint density at radius 1 is 1.17 bits per heavy atom. The maximum atomic E-state index is 12.7. The summed E-state index contributed by atoms with van der Waals surface area (Å²) in [5.41, 5.74) is 6.22. The number of hydrogen-bond acceptors (Lipinski definition) is 4. The summed E-state index contributed by atoms with van der Waals surface area (Å²) in [6.07, 6.45) is 0. The summed E-state index contributed by atoms with van der Waals surface area (Å²) in [5, 5.41) is 0. The van der Waals surface area contributed by atoms with Gasteiger partial charge in [-0.2, -0.15) is 0 Å². The standard InChI is InChI=1S/C18H20N2O3/c1-18(2)17(21)20(10-11-22-14-6-4-3-5-7-14)15-12-13(19)8-9-16(15)23-18/h3-9,12H,10-11,19H2,1-2H3. The summed E-state index contributed by atoms with van der Waals surface area (Å²) >= 11 is 0. The number of rotatable bonds is 4. The SMILES string of the molecule is CC1(C)Oc2ccc(N)cc2N(CCOc2ccccc2)C1=O. The first-order chi connectivity index (χ1) is 11.0. The minimum absolute atomic E-state index is 0.104. The van der Waals surface area contributed by atoms with E-state index < -0.39 is 5.60 Å². The average molecular weight is 312 g/mol. The second kappa shape index (κ2) is 5.83. The molecule has 0 fully saturated rings. The summed E-state index contributed by atoms with van der Waals surface area (Å²) in [6.45, 7) is 4.34. The number of benzene rings is 2. The number of nitrogen functional groups attached to an aromatic ring is 1. The van der Waals surface area contributed by atoms with Gasteiger partial charge in [-0.1, -0.05) is 18.2 Å². The van der Waals surface area contributed by atoms with Gasteiger partial charge in [0, 0.05) is 5.69 Å². The van der Waals surface area contributed by atoms with Crippen LogP contribution in [-0.4, -0.2) is 24.7 Å². The zero-order valence-corrected chi connectivity index (χ0v) is 13.3. The zero-order valence-electron chi connectivity index (χ0n) is 13.3. The summed E-state index contributed by atoms with van der Waals surface area (Å²) in [7, 11) is 0. The van der Waals surface area contributed by atoms with E-state index in [1.165, 1.54) is 0 Å². The van der Waals surface area contributed by atoms with Crippen LogP contribution in [-0.2, 0) is 4.79 Å². The third-order valence-electron chi connectivity index (χ3n) is 3.73. The lowest BCUT2D eigenvalue weighted by molar-refractivity contribution is -0.132. The zero-order chi connectivity index (χ0) is 16.4. The second-order valence-corrected chi connectivity index (χ2v) is 5.96. The summed E-state index contributed by atoms with van der Waals surface area (Å²) < 4.78 is 11.5. The molecule has 3 rings (SSSR count). The molecule has 1 aliphatic rings. The highest BCUT2D eigenvalue weighted by molar-refractivity contribution is 6.02. The van der Waals surface area contributed by atoms with Gasteiger partial charge >= 0.3 is 0 Å². The van der Waals surface area contributed by atoms with Crippen molar-refractivity contribution in [1.29, 1.82) is 0 Å². The van der Waals surface area contributed by atoms with Gasteiger partial charge in [0.15, 0.2) is 5.60 Å². The number of nitrogens with two attached hydrogens (primary N) is 1. The van der Waals surface area contributed by atoms with Gasteiger partial charge in [-0.15, -0.1) is 0 Å². The van der Waals surface area contributed by atoms with E-state index in [1.54, 1.807) is 36.9 Å². The van der Waals surface area contributed by atoms with Crippen LogP contribution < -0.4 is 20.1 Å². The van der Waals surface area contributed by atoms with Gasteiger partial charge in [-0.25, -0.2) is 0 Å². The molecule has 0 aromatic heterocycles. The maximum Gasteiger partial charge on any atom is 0.270 e. The Morgan fingerprint density at radius 3 is 2.65 bits per heavy atom. The van der Waals surface area contributed by atoms with Crippen molar-refractivity contribution in [3.63, 3.8) is 0 Å². The van der Waals surface area contributed by atoms with Gasteiger partial charge in [0.25, 0.3) is 5.91 Å². The molecule has 120 valence electrons. The molecule has 2 aromatic carbocycles. The highest BCUT2D eigenvalue weighted by Crippen LogP contribution is 2.38. The molecule has 1 amide bonds. The minimum atomic E-state index is -0.907. The predicted molar refractivity (Wildman–Crippen MR) is 89.9 cm³/mol. The molecule has 5 heteroatoms. The lowest BCUT2D eigenvalue weighted by atomic mass is 10.0. The second-order valence-electron chi connectivity index (χ2n) is 5.96. The van der Waals surface area contributed by atoms with Crippen molar-refractivity contribution in [2.75, 3.05) is 23.8 Å². The Morgan fingerprint density at radius 2 is 1.91 bits per heavy atom. The molecule has 1 aliphatic heterocycles. The molecule has 0 atom stereocenters. The van der Waals surface area contributed by atoms with Crippen molar-refractivity contribution in [3.05, 3.63) is 48.5 Å². The third kappa shape index (κ3) is 3.08. The first-order valence-electron chi connectivity index (χ1n) is 7.56. The summed E-state index contributed by atoms with van der Waals surface area (Å²) in [4.78, 5) is 14.3. The molecule has 0 bridgehead atoms. The number of para-hydroxylation sites is 1. The van der Waals surface area contributed by atoms with Crippen LogP contribution >= 0.6 is 0 Å². The van der Waals surface area contributed by atoms with Gasteiger partial charge in [0.05, 0.1) is 12.2 Å². The van der Waals surface area contributed by atoms with E-state index in [9.17, 15) is 4.79 Å². The number of anilines is 2. The van der Waals surface area contributed by atoms with Crippen molar-refractivity contribution in [1.82, 2.24) is 0 Å². The van der Waals surface area contributed by atoms with Crippen molar-refractivity contribution in [3.8, 4) is 11.5 Å². The third-order valence-corrected chi connectivity index (χ3v) is 3.73. The average Bonchev–Trinajstić information content (AvgIpc) is 2.53. The van der Waals surface area contributed by atoms with Crippen LogP contribution in [0.3, 0.4) is 0 Å². The Bertz CT molecular complexity index is 713. The topological polar surface area (TPSA) is 64.8 Å². The normalized spacial score (nSPS) is 15.7. The van der Waals surface area contributed by atoms with Gasteiger partial charge in [-0.05, 0) is 44.2 Å². The van der Waals surface area contributed by atoms with Gasteiger partial charge in [0.2, 0.25) is 0 Å². The van der Waals surface area contributed by atoms with Crippen LogP contribution in [0, 0.1) is 0 Å². The number of amides is 1. The number of carbonyl (C=O) groups is 1. The maximum absolute atomic E-state index is 12.7. The van der Waals surface area contributed by atoms with Gasteiger partial charge in [-0.3, -0.25) is 4.79 Å². The molecule has 2 N–H and O–H groups in total. The van der Waals surface area contributed by atoms with E-state index in [1.807, 2.05) is 30.3 Å². The van der Waals surface area contributed by atoms with E-state index in [0.29, 0.717) is 30.3 Å². The van der Waals surface area contributed by atoms with Crippen LogP contribution in [0.1, 0.15) is 13.8 Å². The van der Waals surface area contributed by atoms with E-state index >= 15 is 0 Å². The summed E-state index contributed by atoms with van der Waals surface area (Å²) in [5.74, 6) is 1.33. The van der Waals surface area contributed by atoms with Gasteiger partial charge in [0.1, 0.15) is 18.1 Å². The molecule has 5 nitrogen and oxygen atoms in total. The highest BCUT2D eigenvalue weighted by Gasteiger charge is 2.40. The van der Waals surface area contributed by atoms with E-state index in [0.717, 1.165) is 5.75 Å². The Balaban J connectivity index is 1.79. The first kappa shape index (κ1) is 15.2. The molecular formula is C18H20N2O3. The molecule has 1 heterocycles. The lowest BCUT2D eigenvalue weighted by Crippen LogP contribution is -2.53. The Kier molecular flexibility index (Phi) is 3.86. The first-order valence-corrected chi connectivity index (χ1v) is 7.56.